The predicted octanol–water partition coefficient (Wildman–Crippen LogP) is 2.84. The van der Waals surface area contributed by atoms with Crippen LogP contribution in [-0.2, 0) is 6.54 Å². The fraction of sp³-hybridized carbons (Fsp3) is 0.286. The SMILES string of the molecule is COc1ccccc1C(=O)N1CCN(Cc2noc(-c3ccc(F)cc3)n2)CC1. The smallest absolute Gasteiger partial charge is 0.257 e. The normalized spacial score (nSPS) is 14.8. The molecule has 2 aromatic carbocycles. The first kappa shape index (κ1) is 19.1. The van der Waals surface area contributed by atoms with E-state index in [1.54, 1.807) is 31.4 Å². The first-order valence-electron chi connectivity index (χ1n) is 9.37. The lowest BCUT2D eigenvalue weighted by Gasteiger charge is -2.34. The average Bonchev–Trinajstić information content (AvgIpc) is 3.22. The highest BCUT2D eigenvalue weighted by molar-refractivity contribution is 5.97. The van der Waals surface area contributed by atoms with E-state index < -0.39 is 0 Å². The van der Waals surface area contributed by atoms with Crippen molar-refractivity contribution in [1.29, 1.82) is 0 Å². The molecule has 7 nitrogen and oxygen atoms in total. The van der Waals surface area contributed by atoms with Crippen LogP contribution in [0.4, 0.5) is 4.39 Å². The zero-order valence-corrected chi connectivity index (χ0v) is 16.0. The first-order valence-corrected chi connectivity index (χ1v) is 9.37. The minimum absolute atomic E-state index is 0.0275. The van der Waals surface area contributed by atoms with Crippen molar-refractivity contribution in [3.05, 3.63) is 65.7 Å². The molecular formula is C21H21FN4O3. The van der Waals surface area contributed by atoms with E-state index in [4.69, 9.17) is 9.26 Å². The second-order valence-electron chi connectivity index (χ2n) is 6.79. The number of amides is 1. The molecule has 0 unspecified atom stereocenters. The van der Waals surface area contributed by atoms with Gasteiger partial charge in [0.2, 0.25) is 0 Å². The van der Waals surface area contributed by atoms with Gasteiger partial charge in [0.05, 0.1) is 19.2 Å². The summed E-state index contributed by atoms with van der Waals surface area (Å²) in [5.74, 6) is 1.17. The summed E-state index contributed by atoms with van der Waals surface area (Å²) >= 11 is 0. The maximum Gasteiger partial charge on any atom is 0.257 e. The van der Waals surface area contributed by atoms with E-state index in [0.29, 0.717) is 61.3 Å². The summed E-state index contributed by atoms with van der Waals surface area (Å²) in [6, 6.07) is 13.2. The monoisotopic (exact) mass is 396 g/mol. The maximum absolute atomic E-state index is 13.0. The average molecular weight is 396 g/mol. The molecule has 0 radical (unpaired) electrons. The number of ether oxygens (including phenoxy) is 1. The minimum atomic E-state index is -0.311. The van der Waals surface area contributed by atoms with Crippen LogP contribution in [0.3, 0.4) is 0 Å². The van der Waals surface area contributed by atoms with Crippen LogP contribution in [0.15, 0.2) is 53.1 Å². The van der Waals surface area contributed by atoms with Crippen molar-refractivity contribution >= 4 is 5.91 Å². The summed E-state index contributed by atoms with van der Waals surface area (Å²) in [6.07, 6.45) is 0. The number of rotatable bonds is 5. The number of nitrogens with zero attached hydrogens (tertiary/aromatic N) is 4. The van der Waals surface area contributed by atoms with Crippen LogP contribution in [0.1, 0.15) is 16.2 Å². The lowest BCUT2D eigenvalue weighted by Crippen LogP contribution is -2.48. The van der Waals surface area contributed by atoms with Crippen LogP contribution in [0.25, 0.3) is 11.5 Å². The van der Waals surface area contributed by atoms with Gasteiger partial charge in [0, 0.05) is 31.7 Å². The number of hydrogen-bond acceptors (Lipinski definition) is 6. The van der Waals surface area contributed by atoms with Gasteiger partial charge in [-0.05, 0) is 36.4 Å². The number of hydrogen-bond donors (Lipinski definition) is 0. The lowest BCUT2D eigenvalue weighted by molar-refractivity contribution is 0.0621. The maximum atomic E-state index is 13.0. The van der Waals surface area contributed by atoms with E-state index in [2.05, 4.69) is 15.0 Å². The summed E-state index contributed by atoms with van der Waals surface area (Å²) in [6.45, 7) is 3.17. The van der Waals surface area contributed by atoms with Gasteiger partial charge in [0.25, 0.3) is 11.8 Å². The molecule has 1 aliphatic heterocycles. The number of benzene rings is 2. The van der Waals surface area contributed by atoms with Gasteiger partial charge in [0.1, 0.15) is 11.6 Å². The molecule has 150 valence electrons. The Morgan fingerprint density at radius 1 is 1.10 bits per heavy atom. The summed E-state index contributed by atoms with van der Waals surface area (Å²) in [7, 11) is 1.56. The van der Waals surface area contributed by atoms with Crippen LogP contribution in [0.2, 0.25) is 0 Å². The van der Waals surface area contributed by atoms with Crippen molar-refractivity contribution in [1.82, 2.24) is 19.9 Å². The molecule has 1 fully saturated rings. The van der Waals surface area contributed by atoms with Crippen molar-refractivity contribution < 1.29 is 18.4 Å². The number of aromatic nitrogens is 2. The molecule has 2 heterocycles. The van der Waals surface area contributed by atoms with Crippen LogP contribution < -0.4 is 4.74 Å². The Morgan fingerprint density at radius 3 is 2.55 bits per heavy atom. The predicted molar refractivity (Wildman–Crippen MR) is 104 cm³/mol. The molecule has 29 heavy (non-hydrogen) atoms. The molecule has 1 aromatic heterocycles. The molecule has 0 saturated carbocycles. The van der Waals surface area contributed by atoms with Crippen molar-refractivity contribution in [2.45, 2.75) is 6.54 Å². The number of para-hydroxylation sites is 1. The van der Waals surface area contributed by atoms with Crippen LogP contribution in [0, 0.1) is 5.82 Å². The molecule has 1 saturated heterocycles. The Hall–Kier alpha value is -3.26. The summed E-state index contributed by atoms with van der Waals surface area (Å²) in [4.78, 5) is 21.2. The van der Waals surface area contributed by atoms with Gasteiger partial charge in [-0.2, -0.15) is 4.98 Å². The lowest BCUT2D eigenvalue weighted by atomic mass is 10.1. The van der Waals surface area contributed by atoms with Crippen LogP contribution >= 0.6 is 0 Å². The van der Waals surface area contributed by atoms with Gasteiger partial charge in [-0.3, -0.25) is 9.69 Å². The van der Waals surface area contributed by atoms with E-state index in [0.717, 1.165) is 0 Å². The fourth-order valence-corrected chi connectivity index (χ4v) is 3.33. The Balaban J connectivity index is 1.34. The van der Waals surface area contributed by atoms with E-state index >= 15 is 0 Å². The van der Waals surface area contributed by atoms with Gasteiger partial charge in [-0.1, -0.05) is 17.3 Å². The second-order valence-corrected chi connectivity index (χ2v) is 6.79. The van der Waals surface area contributed by atoms with Crippen LogP contribution in [-0.4, -0.2) is 59.1 Å². The highest BCUT2D eigenvalue weighted by Gasteiger charge is 2.25. The zero-order valence-electron chi connectivity index (χ0n) is 16.0. The molecule has 3 aromatic rings. The molecule has 0 spiro atoms. The van der Waals surface area contributed by atoms with Crippen molar-refractivity contribution in [2.75, 3.05) is 33.3 Å². The van der Waals surface area contributed by atoms with E-state index in [9.17, 15) is 9.18 Å². The van der Waals surface area contributed by atoms with Gasteiger partial charge in [0.15, 0.2) is 5.82 Å². The third-order valence-electron chi connectivity index (χ3n) is 4.92. The minimum Gasteiger partial charge on any atom is -0.496 e. The van der Waals surface area contributed by atoms with E-state index in [1.165, 1.54) is 12.1 Å². The molecular weight excluding hydrogens is 375 g/mol. The summed E-state index contributed by atoms with van der Waals surface area (Å²) in [5.41, 5.74) is 1.25. The third kappa shape index (κ3) is 4.27. The summed E-state index contributed by atoms with van der Waals surface area (Å²) in [5, 5.41) is 4.01. The van der Waals surface area contributed by atoms with E-state index in [1.807, 2.05) is 17.0 Å². The van der Waals surface area contributed by atoms with Gasteiger partial charge >= 0.3 is 0 Å². The third-order valence-corrected chi connectivity index (χ3v) is 4.92. The van der Waals surface area contributed by atoms with Gasteiger partial charge in [-0.15, -0.1) is 0 Å². The molecule has 0 atom stereocenters. The molecule has 0 N–H and O–H groups in total. The Bertz CT molecular complexity index is 982. The highest BCUT2D eigenvalue weighted by Crippen LogP contribution is 2.21. The van der Waals surface area contributed by atoms with Crippen LogP contribution in [0.5, 0.6) is 5.75 Å². The van der Waals surface area contributed by atoms with Gasteiger partial charge < -0.3 is 14.2 Å². The second kappa shape index (κ2) is 8.40. The molecule has 0 aliphatic carbocycles. The first-order chi connectivity index (χ1) is 14.1. The van der Waals surface area contributed by atoms with Crippen molar-refractivity contribution in [3.63, 3.8) is 0 Å². The standard InChI is InChI=1S/C21H21FN4O3/c1-28-18-5-3-2-4-17(18)21(27)26-12-10-25(11-13-26)14-19-23-20(29-24-19)15-6-8-16(22)9-7-15/h2-9H,10-14H2,1H3. The molecule has 1 amide bonds. The van der Waals surface area contributed by atoms with Crippen molar-refractivity contribution in [2.24, 2.45) is 0 Å². The fourth-order valence-electron chi connectivity index (χ4n) is 3.33. The zero-order chi connectivity index (χ0) is 20.2. The largest absolute Gasteiger partial charge is 0.496 e. The Labute approximate surface area is 167 Å². The Kier molecular flexibility index (Phi) is 5.53. The number of methoxy groups -OCH3 is 1. The molecule has 8 heteroatoms. The molecule has 0 bridgehead atoms. The molecule has 1 aliphatic rings. The number of carbonyl (C=O) groups is 1. The quantitative estimate of drug-likeness (QED) is 0.660. The van der Waals surface area contributed by atoms with E-state index in [-0.39, 0.29) is 11.7 Å². The number of halogens is 1. The van der Waals surface area contributed by atoms with Gasteiger partial charge in [-0.25, -0.2) is 4.39 Å². The summed E-state index contributed by atoms with van der Waals surface area (Å²) < 4.78 is 23.6. The Morgan fingerprint density at radius 2 is 1.83 bits per heavy atom. The number of piperazine rings is 1. The number of carbonyl (C=O) groups excluding carboxylic acids is 1. The van der Waals surface area contributed by atoms with Crippen molar-refractivity contribution in [3.8, 4) is 17.2 Å². The topological polar surface area (TPSA) is 71.7 Å². The molecule has 4 rings (SSSR count). The highest BCUT2D eigenvalue weighted by atomic mass is 19.1.